The lowest BCUT2D eigenvalue weighted by Crippen LogP contribution is -2.21. The molecule has 0 unspecified atom stereocenters. The standard InChI is InChI=1S/C18H16ClN3O2/c19-15-7-3-1-5-13(15)11-20-22-18(24)14-6-2-4-8-16(14)21-17(23)12-9-10-12/h1-8,11-12H,9-10H2,(H,21,23)(H,22,24)/b20-11-. The van der Waals surface area contributed by atoms with Crippen molar-refractivity contribution in [1.29, 1.82) is 0 Å². The minimum atomic E-state index is -0.398. The second-order valence-corrected chi connectivity index (χ2v) is 5.94. The van der Waals surface area contributed by atoms with E-state index in [1.54, 1.807) is 36.4 Å². The Morgan fingerprint density at radius 3 is 2.54 bits per heavy atom. The van der Waals surface area contributed by atoms with Crippen LogP contribution in [0.5, 0.6) is 0 Å². The van der Waals surface area contributed by atoms with Crippen LogP contribution in [0.2, 0.25) is 5.02 Å². The number of hydrazone groups is 1. The molecule has 6 heteroatoms. The van der Waals surface area contributed by atoms with Gasteiger partial charge in [0.05, 0.1) is 17.5 Å². The Labute approximate surface area is 144 Å². The molecule has 0 aromatic heterocycles. The topological polar surface area (TPSA) is 70.6 Å². The zero-order valence-electron chi connectivity index (χ0n) is 12.8. The summed E-state index contributed by atoms with van der Waals surface area (Å²) in [7, 11) is 0. The molecule has 1 aliphatic carbocycles. The van der Waals surface area contributed by atoms with Gasteiger partial charge in [-0.2, -0.15) is 5.10 Å². The van der Waals surface area contributed by atoms with Gasteiger partial charge < -0.3 is 5.32 Å². The highest BCUT2D eigenvalue weighted by Gasteiger charge is 2.30. The lowest BCUT2D eigenvalue weighted by atomic mass is 10.1. The number of nitrogens with one attached hydrogen (secondary N) is 2. The van der Waals surface area contributed by atoms with Gasteiger partial charge in [0.2, 0.25) is 5.91 Å². The highest BCUT2D eigenvalue weighted by Crippen LogP contribution is 2.30. The van der Waals surface area contributed by atoms with Gasteiger partial charge in [0, 0.05) is 16.5 Å². The molecule has 2 N–H and O–H groups in total. The molecule has 0 atom stereocenters. The van der Waals surface area contributed by atoms with Crippen LogP contribution in [0.4, 0.5) is 5.69 Å². The van der Waals surface area contributed by atoms with Crippen molar-refractivity contribution in [1.82, 2.24) is 5.43 Å². The van der Waals surface area contributed by atoms with E-state index in [0.717, 1.165) is 12.8 Å². The molecule has 24 heavy (non-hydrogen) atoms. The molecule has 0 saturated heterocycles. The third-order valence-electron chi connectivity index (χ3n) is 3.65. The molecule has 2 aromatic rings. The highest BCUT2D eigenvalue weighted by atomic mass is 35.5. The fourth-order valence-corrected chi connectivity index (χ4v) is 2.36. The SMILES string of the molecule is O=C(N/N=C\c1ccccc1Cl)c1ccccc1NC(=O)C1CC1. The van der Waals surface area contributed by atoms with E-state index in [1.807, 2.05) is 12.1 Å². The molecule has 122 valence electrons. The van der Waals surface area contributed by atoms with Gasteiger partial charge in [-0.05, 0) is 31.0 Å². The second kappa shape index (κ2) is 7.27. The third-order valence-corrected chi connectivity index (χ3v) is 4.00. The largest absolute Gasteiger partial charge is 0.325 e. The Kier molecular flexibility index (Phi) is 4.91. The third kappa shape index (κ3) is 4.00. The summed E-state index contributed by atoms with van der Waals surface area (Å²) in [6.07, 6.45) is 3.29. The number of halogens is 1. The van der Waals surface area contributed by atoms with E-state index in [1.165, 1.54) is 6.21 Å². The maximum Gasteiger partial charge on any atom is 0.273 e. The average Bonchev–Trinajstić information content (AvgIpc) is 3.42. The van der Waals surface area contributed by atoms with Crippen molar-refractivity contribution in [3.05, 3.63) is 64.7 Å². The molecular formula is C18H16ClN3O2. The fourth-order valence-electron chi connectivity index (χ4n) is 2.17. The van der Waals surface area contributed by atoms with Gasteiger partial charge in [-0.15, -0.1) is 0 Å². The molecule has 0 radical (unpaired) electrons. The first-order chi connectivity index (χ1) is 11.6. The smallest absolute Gasteiger partial charge is 0.273 e. The van der Waals surface area contributed by atoms with Crippen LogP contribution >= 0.6 is 11.6 Å². The van der Waals surface area contributed by atoms with E-state index in [9.17, 15) is 9.59 Å². The number of carbonyl (C=O) groups is 2. The molecular weight excluding hydrogens is 326 g/mol. The van der Waals surface area contributed by atoms with Gasteiger partial charge in [0.25, 0.3) is 5.91 Å². The summed E-state index contributed by atoms with van der Waals surface area (Å²) < 4.78 is 0. The van der Waals surface area contributed by atoms with Crippen LogP contribution in [0, 0.1) is 5.92 Å². The van der Waals surface area contributed by atoms with E-state index in [4.69, 9.17) is 11.6 Å². The molecule has 0 bridgehead atoms. The number of hydrogen-bond donors (Lipinski definition) is 2. The number of rotatable bonds is 5. The number of amides is 2. The van der Waals surface area contributed by atoms with E-state index in [2.05, 4.69) is 15.8 Å². The van der Waals surface area contributed by atoms with E-state index in [0.29, 0.717) is 21.8 Å². The Hall–Kier alpha value is -2.66. The number of hydrogen-bond acceptors (Lipinski definition) is 3. The van der Waals surface area contributed by atoms with Crippen molar-refractivity contribution in [3.63, 3.8) is 0 Å². The molecule has 2 amide bonds. The molecule has 1 aliphatic rings. The van der Waals surface area contributed by atoms with Crippen molar-refractivity contribution < 1.29 is 9.59 Å². The van der Waals surface area contributed by atoms with Crippen LogP contribution in [0.15, 0.2) is 53.6 Å². The lowest BCUT2D eigenvalue weighted by Gasteiger charge is -2.09. The molecule has 1 saturated carbocycles. The number of benzene rings is 2. The number of para-hydroxylation sites is 1. The summed E-state index contributed by atoms with van der Waals surface area (Å²) in [5, 5.41) is 7.27. The average molecular weight is 342 g/mol. The summed E-state index contributed by atoms with van der Waals surface area (Å²) in [6, 6.07) is 14.0. The van der Waals surface area contributed by atoms with Crippen molar-refractivity contribution in [2.24, 2.45) is 11.0 Å². The van der Waals surface area contributed by atoms with E-state index >= 15 is 0 Å². The molecule has 5 nitrogen and oxygen atoms in total. The summed E-state index contributed by atoms with van der Waals surface area (Å²) in [5.41, 5.74) is 4.01. The summed E-state index contributed by atoms with van der Waals surface area (Å²) in [4.78, 5) is 24.2. The predicted octanol–water partition coefficient (Wildman–Crippen LogP) is 3.45. The minimum Gasteiger partial charge on any atom is -0.325 e. The minimum absolute atomic E-state index is 0.0465. The number of nitrogens with zero attached hydrogens (tertiary/aromatic N) is 1. The molecule has 3 rings (SSSR count). The van der Waals surface area contributed by atoms with Crippen molar-refractivity contribution in [2.45, 2.75) is 12.8 Å². The van der Waals surface area contributed by atoms with E-state index < -0.39 is 5.91 Å². The normalized spacial score (nSPS) is 13.7. The van der Waals surface area contributed by atoms with Crippen LogP contribution in [0.1, 0.15) is 28.8 Å². The number of anilines is 1. The number of carbonyl (C=O) groups excluding carboxylic acids is 2. The van der Waals surface area contributed by atoms with Crippen LogP contribution in [-0.4, -0.2) is 18.0 Å². The Balaban J connectivity index is 1.68. The van der Waals surface area contributed by atoms with Crippen LogP contribution in [0.25, 0.3) is 0 Å². The van der Waals surface area contributed by atoms with Gasteiger partial charge >= 0.3 is 0 Å². The molecule has 0 spiro atoms. The van der Waals surface area contributed by atoms with Crippen molar-refractivity contribution >= 4 is 35.3 Å². The van der Waals surface area contributed by atoms with Gasteiger partial charge in [0.15, 0.2) is 0 Å². The zero-order valence-corrected chi connectivity index (χ0v) is 13.6. The van der Waals surface area contributed by atoms with Gasteiger partial charge in [-0.25, -0.2) is 5.43 Å². The maximum absolute atomic E-state index is 12.3. The maximum atomic E-state index is 12.3. The molecule has 0 heterocycles. The van der Waals surface area contributed by atoms with E-state index in [-0.39, 0.29) is 11.8 Å². The lowest BCUT2D eigenvalue weighted by molar-refractivity contribution is -0.117. The van der Waals surface area contributed by atoms with Crippen molar-refractivity contribution in [2.75, 3.05) is 5.32 Å². The van der Waals surface area contributed by atoms with Crippen LogP contribution in [-0.2, 0) is 4.79 Å². The van der Waals surface area contributed by atoms with Gasteiger partial charge in [-0.3, -0.25) is 9.59 Å². The zero-order chi connectivity index (χ0) is 16.9. The van der Waals surface area contributed by atoms with Gasteiger partial charge in [0.1, 0.15) is 0 Å². The summed E-state index contributed by atoms with van der Waals surface area (Å²) in [5.74, 6) is -0.376. The van der Waals surface area contributed by atoms with Crippen LogP contribution < -0.4 is 10.7 Å². The first-order valence-corrected chi connectivity index (χ1v) is 8.01. The fraction of sp³-hybridized carbons (Fsp3) is 0.167. The van der Waals surface area contributed by atoms with Crippen molar-refractivity contribution in [3.8, 4) is 0 Å². The van der Waals surface area contributed by atoms with Gasteiger partial charge in [-0.1, -0.05) is 41.9 Å². The summed E-state index contributed by atoms with van der Waals surface area (Å²) in [6.45, 7) is 0. The first kappa shape index (κ1) is 16.2. The van der Waals surface area contributed by atoms with Crippen LogP contribution in [0.3, 0.4) is 0 Å². The summed E-state index contributed by atoms with van der Waals surface area (Å²) >= 11 is 6.02. The Morgan fingerprint density at radius 1 is 1.08 bits per heavy atom. The monoisotopic (exact) mass is 341 g/mol. The Bertz CT molecular complexity index is 800. The quantitative estimate of drug-likeness (QED) is 0.646. The first-order valence-electron chi connectivity index (χ1n) is 7.63. The predicted molar refractivity (Wildman–Crippen MR) is 94.3 cm³/mol. The molecule has 2 aromatic carbocycles. The Morgan fingerprint density at radius 2 is 1.79 bits per heavy atom. The molecule has 1 fully saturated rings. The second-order valence-electron chi connectivity index (χ2n) is 5.53. The molecule has 0 aliphatic heterocycles. The highest BCUT2D eigenvalue weighted by molar-refractivity contribution is 6.33.